The molecule has 31 heavy (non-hydrogen) atoms. The van der Waals surface area contributed by atoms with Crippen molar-refractivity contribution in [1.29, 1.82) is 0 Å². The lowest BCUT2D eigenvalue weighted by molar-refractivity contribution is 0.411. The number of aromatic nitrogens is 3. The average molecular weight is 505 g/mol. The molecule has 158 valence electrons. The average Bonchev–Trinajstić information content (AvgIpc) is 2.75. The number of ether oxygens (including phenoxy) is 1. The molecule has 0 atom stereocenters. The van der Waals surface area contributed by atoms with Gasteiger partial charge in [-0.05, 0) is 52.3 Å². The Morgan fingerprint density at radius 2 is 1.84 bits per heavy atom. The minimum atomic E-state index is -3.97. The summed E-state index contributed by atoms with van der Waals surface area (Å²) < 4.78 is 48.7. The Bertz CT molecular complexity index is 1460. The van der Waals surface area contributed by atoms with Gasteiger partial charge in [0.15, 0.2) is 0 Å². The maximum absolute atomic E-state index is 14.2. The Morgan fingerprint density at radius 1 is 1.10 bits per heavy atom. The molecule has 4 rings (SSSR count). The molecule has 0 aliphatic carbocycles. The van der Waals surface area contributed by atoms with Crippen molar-refractivity contribution < 1.29 is 17.5 Å². The van der Waals surface area contributed by atoms with Gasteiger partial charge in [0.25, 0.3) is 15.6 Å². The van der Waals surface area contributed by atoms with E-state index in [-0.39, 0.29) is 26.8 Å². The number of fused-ring (bicyclic) bond motifs is 1. The van der Waals surface area contributed by atoms with E-state index in [1.54, 1.807) is 6.07 Å². The van der Waals surface area contributed by atoms with Crippen LogP contribution in [0.5, 0.6) is 5.75 Å². The molecule has 2 aromatic heterocycles. The first kappa shape index (κ1) is 20.9. The topological polar surface area (TPSA) is 103 Å². The smallest absolute Gasteiger partial charge is 0.264 e. The molecule has 1 N–H and O–H groups in total. The molecule has 0 bridgehead atoms. The second-order valence-electron chi connectivity index (χ2n) is 6.34. The van der Waals surface area contributed by atoms with Gasteiger partial charge in [-0.25, -0.2) is 27.5 Å². The molecule has 8 nitrogen and oxygen atoms in total. The predicted octanol–water partition coefficient (Wildman–Crippen LogP) is 3.49. The van der Waals surface area contributed by atoms with Crippen LogP contribution in [0.3, 0.4) is 0 Å². The number of nitrogens with zero attached hydrogens (tertiary/aromatic N) is 3. The van der Waals surface area contributed by atoms with E-state index in [9.17, 15) is 17.6 Å². The molecule has 2 heterocycles. The van der Waals surface area contributed by atoms with Crippen LogP contribution < -0.4 is 15.0 Å². The normalized spacial score (nSPS) is 11.5. The predicted molar refractivity (Wildman–Crippen MR) is 117 cm³/mol. The first-order chi connectivity index (χ1) is 14.8. The largest absolute Gasteiger partial charge is 0.495 e. The number of rotatable bonds is 5. The van der Waals surface area contributed by atoms with Crippen molar-refractivity contribution >= 4 is 42.8 Å². The maximum Gasteiger partial charge on any atom is 0.264 e. The monoisotopic (exact) mass is 504 g/mol. The number of anilines is 1. The molecule has 0 radical (unpaired) electrons. The Balaban J connectivity index is 1.87. The van der Waals surface area contributed by atoms with Crippen LogP contribution in [-0.4, -0.2) is 30.1 Å². The van der Waals surface area contributed by atoms with Gasteiger partial charge in [-0.1, -0.05) is 0 Å². The zero-order chi connectivity index (χ0) is 22.2. The van der Waals surface area contributed by atoms with Crippen LogP contribution in [-0.2, 0) is 10.0 Å². The van der Waals surface area contributed by atoms with E-state index in [1.807, 2.05) is 0 Å². The van der Waals surface area contributed by atoms with Gasteiger partial charge >= 0.3 is 0 Å². The second-order valence-corrected chi connectivity index (χ2v) is 8.88. The Kier molecular flexibility index (Phi) is 5.46. The first-order valence-corrected chi connectivity index (χ1v) is 11.1. The molecular formula is C20H14BrFN4O4S. The van der Waals surface area contributed by atoms with Gasteiger partial charge in [0, 0.05) is 29.9 Å². The van der Waals surface area contributed by atoms with Gasteiger partial charge < -0.3 is 4.74 Å². The zero-order valence-corrected chi connectivity index (χ0v) is 18.3. The molecule has 0 spiro atoms. The summed E-state index contributed by atoms with van der Waals surface area (Å²) in [7, 11) is -2.57. The van der Waals surface area contributed by atoms with Gasteiger partial charge in [-0.15, -0.1) is 0 Å². The van der Waals surface area contributed by atoms with E-state index in [4.69, 9.17) is 4.74 Å². The van der Waals surface area contributed by atoms with Crippen molar-refractivity contribution in [3.05, 3.63) is 81.6 Å². The van der Waals surface area contributed by atoms with E-state index in [2.05, 4.69) is 30.6 Å². The SMILES string of the molecule is COc1cc(Br)c(F)cc1-n1c(=O)ccc2cc(S(=O)(=O)Nc3ncccn3)ccc21. The lowest BCUT2D eigenvalue weighted by Gasteiger charge is -2.15. The summed E-state index contributed by atoms with van der Waals surface area (Å²) in [4.78, 5) is 20.3. The molecule has 11 heteroatoms. The first-order valence-electron chi connectivity index (χ1n) is 8.79. The van der Waals surface area contributed by atoms with Gasteiger partial charge in [0.1, 0.15) is 11.6 Å². The summed E-state index contributed by atoms with van der Waals surface area (Å²) in [5, 5.41) is 0.446. The van der Waals surface area contributed by atoms with Crippen LogP contribution in [0.4, 0.5) is 10.3 Å². The van der Waals surface area contributed by atoms with Crippen LogP contribution in [0, 0.1) is 5.82 Å². The number of hydrogen-bond donors (Lipinski definition) is 1. The van der Waals surface area contributed by atoms with E-state index < -0.39 is 21.4 Å². The van der Waals surface area contributed by atoms with Crippen molar-refractivity contribution in [1.82, 2.24) is 14.5 Å². The number of halogens is 2. The summed E-state index contributed by atoms with van der Waals surface area (Å²) in [5.74, 6) is -0.379. The molecule has 2 aromatic carbocycles. The summed E-state index contributed by atoms with van der Waals surface area (Å²) in [6.45, 7) is 0. The van der Waals surface area contributed by atoms with Crippen molar-refractivity contribution in [2.45, 2.75) is 4.90 Å². The van der Waals surface area contributed by atoms with Crippen LogP contribution in [0.2, 0.25) is 0 Å². The van der Waals surface area contributed by atoms with E-state index >= 15 is 0 Å². The quantitative estimate of drug-likeness (QED) is 0.446. The Labute approximate surface area is 184 Å². The van der Waals surface area contributed by atoms with E-state index in [0.717, 1.165) is 0 Å². The Morgan fingerprint density at radius 3 is 2.55 bits per heavy atom. The molecule has 0 aliphatic heterocycles. The van der Waals surface area contributed by atoms with Crippen molar-refractivity contribution in [3.8, 4) is 11.4 Å². The third-order valence-corrected chi connectivity index (χ3v) is 6.36. The van der Waals surface area contributed by atoms with Gasteiger partial charge in [0.2, 0.25) is 5.95 Å². The molecule has 4 aromatic rings. The minimum Gasteiger partial charge on any atom is -0.495 e. The Hall–Kier alpha value is -3.31. The summed E-state index contributed by atoms with van der Waals surface area (Å²) >= 11 is 3.09. The molecule has 0 aliphatic rings. The third-order valence-electron chi connectivity index (χ3n) is 4.43. The second kappa shape index (κ2) is 8.08. The fourth-order valence-electron chi connectivity index (χ4n) is 3.03. The molecule has 0 amide bonds. The minimum absolute atomic E-state index is 0.0494. The maximum atomic E-state index is 14.2. The summed E-state index contributed by atoms with van der Waals surface area (Å²) in [6, 6.07) is 11.1. The van der Waals surface area contributed by atoms with Crippen molar-refractivity contribution in [2.24, 2.45) is 0 Å². The summed E-state index contributed by atoms with van der Waals surface area (Å²) in [5.41, 5.74) is 0.131. The molecule has 0 saturated carbocycles. The molecule has 0 unspecified atom stereocenters. The standard InChI is InChI=1S/C20H14BrFN4O4S/c1-30-18-10-14(21)15(22)11-17(18)26-16-5-4-13(9-12(16)3-6-19(26)27)31(28,29)25-20-23-7-2-8-24-20/h2-11H,1H3,(H,23,24,25). The van der Waals surface area contributed by atoms with Crippen LogP contribution in [0.25, 0.3) is 16.6 Å². The highest BCUT2D eigenvalue weighted by Gasteiger charge is 2.19. The van der Waals surface area contributed by atoms with Gasteiger partial charge in [-0.3, -0.25) is 9.36 Å². The number of sulfonamides is 1. The number of nitrogens with one attached hydrogen (secondary N) is 1. The van der Waals surface area contributed by atoms with Gasteiger partial charge in [0.05, 0.1) is 27.7 Å². The van der Waals surface area contributed by atoms with Crippen molar-refractivity contribution in [3.63, 3.8) is 0 Å². The molecule has 0 fully saturated rings. The highest BCUT2D eigenvalue weighted by molar-refractivity contribution is 9.10. The molecule has 0 saturated heterocycles. The lowest BCUT2D eigenvalue weighted by atomic mass is 10.2. The van der Waals surface area contributed by atoms with Gasteiger partial charge in [-0.2, -0.15) is 0 Å². The third kappa shape index (κ3) is 4.01. The zero-order valence-electron chi connectivity index (χ0n) is 15.9. The van der Waals surface area contributed by atoms with Crippen molar-refractivity contribution in [2.75, 3.05) is 11.8 Å². The summed E-state index contributed by atoms with van der Waals surface area (Å²) in [6.07, 6.45) is 2.82. The van der Waals surface area contributed by atoms with Crippen LogP contribution in [0.15, 0.2) is 75.1 Å². The van der Waals surface area contributed by atoms with E-state index in [1.165, 1.54) is 66.5 Å². The number of hydrogen-bond acceptors (Lipinski definition) is 6. The van der Waals surface area contributed by atoms with E-state index in [0.29, 0.717) is 10.9 Å². The number of methoxy groups -OCH3 is 1. The fourth-order valence-corrected chi connectivity index (χ4v) is 4.34. The highest BCUT2D eigenvalue weighted by Crippen LogP contribution is 2.31. The number of benzene rings is 2. The lowest BCUT2D eigenvalue weighted by Crippen LogP contribution is -2.19. The fraction of sp³-hybridized carbons (Fsp3) is 0.0500. The number of pyridine rings is 1. The van der Waals surface area contributed by atoms with Crippen LogP contribution >= 0.6 is 15.9 Å². The molecular weight excluding hydrogens is 491 g/mol. The van der Waals surface area contributed by atoms with Crippen LogP contribution in [0.1, 0.15) is 0 Å². The highest BCUT2D eigenvalue weighted by atomic mass is 79.9.